The Morgan fingerprint density at radius 2 is 1.30 bits per heavy atom. The van der Waals surface area contributed by atoms with Gasteiger partial charge in [0, 0.05) is 17.9 Å². The summed E-state index contributed by atoms with van der Waals surface area (Å²) in [6.07, 6.45) is 1.69. The number of hydrogen-bond acceptors (Lipinski definition) is 4. The van der Waals surface area contributed by atoms with Gasteiger partial charge in [-0.1, -0.05) is 61.4 Å². The van der Waals surface area contributed by atoms with E-state index in [9.17, 15) is 9.00 Å². The second kappa shape index (κ2) is 13.9. The van der Waals surface area contributed by atoms with Gasteiger partial charge < -0.3 is 9.47 Å². The number of benzene rings is 4. The summed E-state index contributed by atoms with van der Waals surface area (Å²) in [4.78, 5) is 17.2. The molecule has 4 aromatic carbocycles. The van der Waals surface area contributed by atoms with Crippen molar-refractivity contribution in [1.82, 2.24) is 4.31 Å². The van der Waals surface area contributed by atoms with Gasteiger partial charge in [0.1, 0.15) is 28.5 Å². The third-order valence-corrected chi connectivity index (χ3v) is 8.18. The van der Waals surface area contributed by atoms with Crippen LogP contribution in [-0.4, -0.2) is 35.2 Å². The predicted molar refractivity (Wildman–Crippen MR) is 162 cm³/mol. The average molecular weight is 557 g/mol. The van der Waals surface area contributed by atoms with E-state index >= 15 is 0 Å². The van der Waals surface area contributed by atoms with Crippen molar-refractivity contribution in [2.75, 3.05) is 25.7 Å². The molecule has 0 aliphatic carbocycles. The highest BCUT2D eigenvalue weighted by Crippen LogP contribution is 2.35. The molecule has 0 saturated carbocycles. The SMILES string of the molecule is CCCCN(C(C(=O)N(c1ccc(OC)cc1)c1ccc(OC)cc1)c1ccccc1)S(=O)c1ccc(C)cc1. The van der Waals surface area contributed by atoms with Crippen molar-refractivity contribution >= 4 is 28.3 Å². The summed E-state index contributed by atoms with van der Waals surface area (Å²) >= 11 is 0. The van der Waals surface area contributed by atoms with Crippen molar-refractivity contribution in [3.63, 3.8) is 0 Å². The highest BCUT2D eigenvalue weighted by molar-refractivity contribution is 7.82. The number of aryl methyl sites for hydroxylation is 1. The molecule has 0 heterocycles. The Morgan fingerprint density at radius 1 is 0.775 bits per heavy atom. The van der Waals surface area contributed by atoms with Crippen molar-refractivity contribution in [2.45, 2.75) is 37.6 Å². The zero-order valence-electron chi connectivity index (χ0n) is 23.4. The van der Waals surface area contributed by atoms with Crippen molar-refractivity contribution in [1.29, 1.82) is 0 Å². The van der Waals surface area contributed by atoms with E-state index in [-0.39, 0.29) is 5.91 Å². The Kier molecular flexibility index (Phi) is 10.1. The lowest BCUT2D eigenvalue weighted by Crippen LogP contribution is -2.42. The van der Waals surface area contributed by atoms with Gasteiger partial charge in [-0.2, -0.15) is 0 Å². The smallest absolute Gasteiger partial charge is 0.254 e. The van der Waals surface area contributed by atoms with E-state index in [1.165, 1.54) is 0 Å². The van der Waals surface area contributed by atoms with Crippen LogP contribution in [0.25, 0.3) is 0 Å². The fourth-order valence-corrected chi connectivity index (χ4v) is 5.81. The molecule has 0 aromatic heterocycles. The lowest BCUT2D eigenvalue weighted by atomic mass is 10.0. The Bertz CT molecular complexity index is 1340. The number of nitrogens with zero attached hydrogens (tertiary/aromatic N) is 2. The number of carbonyl (C=O) groups excluding carboxylic acids is 1. The third kappa shape index (κ3) is 6.79. The minimum absolute atomic E-state index is 0.210. The van der Waals surface area contributed by atoms with Gasteiger partial charge in [-0.25, -0.2) is 8.51 Å². The average Bonchev–Trinajstić information content (AvgIpc) is 3.00. The molecule has 2 atom stereocenters. The molecule has 2 unspecified atom stereocenters. The number of carbonyl (C=O) groups is 1. The first kappa shape index (κ1) is 29.1. The van der Waals surface area contributed by atoms with Crippen LogP contribution in [0.15, 0.2) is 108 Å². The second-order valence-electron chi connectivity index (χ2n) is 9.44. The maximum absolute atomic E-state index is 14.8. The number of anilines is 2. The molecule has 0 saturated heterocycles. The van der Waals surface area contributed by atoms with Crippen LogP contribution in [0, 0.1) is 6.92 Å². The maximum Gasteiger partial charge on any atom is 0.254 e. The van der Waals surface area contributed by atoms with Crippen LogP contribution in [-0.2, 0) is 15.8 Å². The molecular weight excluding hydrogens is 520 g/mol. The van der Waals surface area contributed by atoms with E-state index in [1.807, 2.05) is 114 Å². The van der Waals surface area contributed by atoms with Crippen molar-refractivity contribution in [3.05, 3.63) is 114 Å². The van der Waals surface area contributed by atoms with Crippen molar-refractivity contribution < 1.29 is 18.5 Å². The van der Waals surface area contributed by atoms with E-state index in [0.717, 1.165) is 24.0 Å². The summed E-state index contributed by atoms with van der Waals surface area (Å²) in [6.45, 7) is 4.58. The minimum Gasteiger partial charge on any atom is -0.497 e. The Labute approximate surface area is 239 Å². The first-order chi connectivity index (χ1) is 19.5. The van der Waals surface area contributed by atoms with Crippen LogP contribution in [0.2, 0.25) is 0 Å². The minimum atomic E-state index is -1.58. The van der Waals surface area contributed by atoms with Gasteiger partial charge in [-0.15, -0.1) is 0 Å². The highest BCUT2D eigenvalue weighted by atomic mass is 32.2. The Morgan fingerprint density at radius 3 is 1.77 bits per heavy atom. The molecule has 1 amide bonds. The second-order valence-corrected chi connectivity index (χ2v) is 10.9. The summed E-state index contributed by atoms with van der Waals surface area (Å²) in [5.74, 6) is 1.17. The molecule has 0 bridgehead atoms. The van der Waals surface area contributed by atoms with E-state index in [2.05, 4.69) is 6.92 Å². The quantitative estimate of drug-likeness (QED) is 0.185. The molecule has 208 valence electrons. The lowest BCUT2D eigenvalue weighted by molar-refractivity contribution is -0.121. The molecular formula is C33H36N2O4S. The number of hydrogen-bond donors (Lipinski definition) is 0. The fraction of sp³-hybridized carbons (Fsp3) is 0.242. The van der Waals surface area contributed by atoms with Crippen LogP contribution in [0.4, 0.5) is 11.4 Å². The third-order valence-electron chi connectivity index (χ3n) is 6.69. The lowest BCUT2D eigenvalue weighted by Gasteiger charge is -2.34. The van der Waals surface area contributed by atoms with Crippen LogP contribution >= 0.6 is 0 Å². The summed E-state index contributed by atoms with van der Waals surface area (Å²) in [5.41, 5.74) is 3.21. The zero-order chi connectivity index (χ0) is 28.5. The molecule has 0 fully saturated rings. The number of amides is 1. The van der Waals surface area contributed by atoms with Crippen LogP contribution in [0.3, 0.4) is 0 Å². The predicted octanol–water partition coefficient (Wildman–Crippen LogP) is 7.24. The van der Waals surface area contributed by atoms with Crippen LogP contribution in [0.1, 0.15) is 36.9 Å². The summed E-state index contributed by atoms with van der Waals surface area (Å²) < 4.78 is 26.7. The van der Waals surface area contributed by atoms with Crippen molar-refractivity contribution in [3.8, 4) is 11.5 Å². The molecule has 4 aromatic rings. The molecule has 0 spiro atoms. The van der Waals surface area contributed by atoms with Gasteiger partial charge in [-0.05, 0) is 79.6 Å². The Hall–Kier alpha value is -3.94. The molecule has 40 heavy (non-hydrogen) atoms. The van der Waals surface area contributed by atoms with Gasteiger partial charge in [-0.3, -0.25) is 9.69 Å². The Balaban J connectivity index is 1.86. The number of ether oxygens (including phenoxy) is 2. The number of rotatable bonds is 12. The standard InChI is InChI=1S/C33H36N2O4S/c1-5-6-24-34(40(37)31-22-12-25(2)13-23-31)32(26-10-8-7-9-11-26)33(36)35(27-14-18-29(38-3)19-15-27)28-16-20-30(39-4)21-17-28/h7-23,32H,5-6,24H2,1-4H3. The van der Waals surface area contributed by atoms with Gasteiger partial charge in [0.25, 0.3) is 5.91 Å². The first-order valence-electron chi connectivity index (χ1n) is 13.4. The number of unbranched alkanes of at least 4 members (excludes halogenated alkanes) is 1. The van der Waals surface area contributed by atoms with E-state index in [1.54, 1.807) is 19.1 Å². The van der Waals surface area contributed by atoms with E-state index < -0.39 is 17.0 Å². The van der Waals surface area contributed by atoms with Gasteiger partial charge in [0.15, 0.2) is 0 Å². The largest absolute Gasteiger partial charge is 0.497 e. The molecule has 0 N–H and O–H groups in total. The molecule has 6 nitrogen and oxygen atoms in total. The van der Waals surface area contributed by atoms with Gasteiger partial charge >= 0.3 is 0 Å². The normalized spacial score (nSPS) is 12.5. The first-order valence-corrected chi connectivity index (χ1v) is 14.5. The van der Waals surface area contributed by atoms with Gasteiger partial charge in [0.2, 0.25) is 0 Å². The summed E-state index contributed by atoms with van der Waals surface area (Å²) in [5, 5.41) is 0. The molecule has 0 aliphatic rings. The van der Waals surface area contributed by atoms with Crippen LogP contribution < -0.4 is 14.4 Å². The molecule has 7 heteroatoms. The topological polar surface area (TPSA) is 59.1 Å². The zero-order valence-corrected chi connectivity index (χ0v) is 24.3. The molecule has 0 radical (unpaired) electrons. The summed E-state index contributed by atoms with van der Waals surface area (Å²) in [6, 6.07) is 31.2. The number of methoxy groups -OCH3 is 2. The molecule has 4 rings (SSSR count). The van der Waals surface area contributed by atoms with Gasteiger partial charge in [0.05, 0.1) is 19.1 Å². The highest BCUT2D eigenvalue weighted by Gasteiger charge is 2.36. The summed E-state index contributed by atoms with van der Waals surface area (Å²) in [7, 11) is 1.64. The maximum atomic E-state index is 14.8. The van der Waals surface area contributed by atoms with E-state index in [0.29, 0.717) is 34.3 Å². The van der Waals surface area contributed by atoms with E-state index in [4.69, 9.17) is 9.47 Å². The van der Waals surface area contributed by atoms with Crippen molar-refractivity contribution in [2.24, 2.45) is 0 Å². The van der Waals surface area contributed by atoms with Crippen LogP contribution in [0.5, 0.6) is 11.5 Å². The molecule has 0 aliphatic heterocycles. The monoisotopic (exact) mass is 556 g/mol. The fourth-order valence-electron chi connectivity index (χ4n) is 4.47.